The van der Waals surface area contributed by atoms with Gasteiger partial charge in [-0.2, -0.15) is 18.3 Å². The van der Waals surface area contributed by atoms with Crippen LogP contribution in [0.1, 0.15) is 5.56 Å². The molecule has 4 rings (SSSR count). The first-order valence-corrected chi connectivity index (χ1v) is 8.21. The van der Waals surface area contributed by atoms with E-state index in [9.17, 15) is 18.0 Å². The lowest BCUT2D eigenvalue weighted by atomic mass is 10.2. The molecule has 2 aromatic heterocycles. The van der Waals surface area contributed by atoms with Gasteiger partial charge in [0, 0.05) is 35.4 Å². The zero-order chi connectivity index (χ0) is 20.1. The van der Waals surface area contributed by atoms with Crippen molar-refractivity contribution in [2.75, 3.05) is 5.32 Å². The minimum Gasteiger partial charge on any atom is -0.315 e. The van der Waals surface area contributed by atoms with E-state index in [-0.39, 0.29) is 0 Å². The number of anilines is 1. The molecule has 1 N–H and O–H groups in total. The van der Waals surface area contributed by atoms with Crippen LogP contribution in [0.5, 0.6) is 0 Å². The van der Waals surface area contributed by atoms with Crippen LogP contribution in [0.4, 0.5) is 18.9 Å². The van der Waals surface area contributed by atoms with Gasteiger partial charge in [-0.1, -0.05) is 0 Å². The van der Waals surface area contributed by atoms with Gasteiger partial charge in [0.2, 0.25) is 0 Å². The SMILES string of the molecule is C#CC(=O)Nc1ccc2c(c1)c1cn(C)nc1n2-c1ccc(C(F)(F)F)cc1. The number of carbonyl (C=O) groups excluding carboxylic acids is 1. The molecule has 0 saturated heterocycles. The highest BCUT2D eigenvalue weighted by Gasteiger charge is 2.30. The fourth-order valence-electron chi connectivity index (χ4n) is 3.20. The molecular weight excluding hydrogens is 369 g/mol. The van der Waals surface area contributed by atoms with Crippen LogP contribution in [0.15, 0.2) is 48.7 Å². The standard InChI is InChI=1S/C20H13F3N4O/c1-3-18(28)24-13-6-9-17-15(10-13)16-11-26(2)25-19(16)27(17)14-7-4-12(5-8-14)20(21,22)23/h1,4-11H,2H3,(H,24,28). The van der Waals surface area contributed by atoms with Crippen molar-refractivity contribution >= 4 is 33.5 Å². The van der Waals surface area contributed by atoms with E-state index in [0.717, 1.165) is 28.4 Å². The van der Waals surface area contributed by atoms with E-state index in [2.05, 4.69) is 10.4 Å². The maximum atomic E-state index is 12.9. The maximum absolute atomic E-state index is 12.9. The maximum Gasteiger partial charge on any atom is 0.416 e. The number of aromatic nitrogens is 3. The van der Waals surface area contributed by atoms with Crippen molar-refractivity contribution in [2.45, 2.75) is 6.18 Å². The molecule has 1 amide bonds. The molecule has 140 valence electrons. The van der Waals surface area contributed by atoms with Gasteiger partial charge in [-0.25, -0.2) is 0 Å². The third kappa shape index (κ3) is 2.87. The molecule has 0 bridgehead atoms. The van der Waals surface area contributed by atoms with Crippen molar-refractivity contribution in [2.24, 2.45) is 7.05 Å². The predicted molar refractivity (Wildman–Crippen MR) is 100 cm³/mol. The molecule has 5 nitrogen and oxygen atoms in total. The normalized spacial score (nSPS) is 11.7. The summed E-state index contributed by atoms with van der Waals surface area (Å²) < 4.78 is 42.0. The molecule has 0 saturated carbocycles. The predicted octanol–water partition coefficient (Wildman–Crippen LogP) is 4.11. The van der Waals surface area contributed by atoms with Gasteiger partial charge in [0.25, 0.3) is 5.91 Å². The minimum atomic E-state index is -4.40. The molecule has 8 heteroatoms. The number of alkyl halides is 3. The lowest BCUT2D eigenvalue weighted by molar-refractivity contribution is -0.137. The Hall–Kier alpha value is -3.73. The Morgan fingerprint density at radius 2 is 1.86 bits per heavy atom. The summed E-state index contributed by atoms with van der Waals surface area (Å²) >= 11 is 0. The van der Waals surface area contributed by atoms with Crippen molar-refractivity contribution in [1.29, 1.82) is 0 Å². The molecule has 2 aromatic carbocycles. The Morgan fingerprint density at radius 1 is 1.14 bits per heavy atom. The fourth-order valence-corrected chi connectivity index (χ4v) is 3.20. The topological polar surface area (TPSA) is 51.9 Å². The summed E-state index contributed by atoms with van der Waals surface area (Å²) in [5.74, 6) is 1.42. The van der Waals surface area contributed by atoms with Gasteiger partial charge in [-0.05, 0) is 48.4 Å². The number of fused-ring (bicyclic) bond motifs is 3. The highest BCUT2D eigenvalue weighted by molar-refractivity contribution is 6.10. The van der Waals surface area contributed by atoms with Crippen LogP contribution in [-0.4, -0.2) is 20.3 Å². The number of nitrogens with one attached hydrogen (secondary N) is 1. The molecule has 0 unspecified atom stereocenters. The molecule has 0 atom stereocenters. The Labute approximate surface area is 157 Å². The van der Waals surface area contributed by atoms with Crippen LogP contribution in [0, 0.1) is 12.3 Å². The zero-order valence-corrected chi connectivity index (χ0v) is 14.6. The van der Waals surface area contributed by atoms with E-state index < -0.39 is 17.6 Å². The lowest BCUT2D eigenvalue weighted by Crippen LogP contribution is -2.07. The Morgan fingerprint density at radius 3 is 2.50 bits per heavy atom. The van der Waals surface area contributed by atoms with Gasteiger partial charge in [0.05, 0.1) is 11.1 Å². The number of aryl methyl sites for hydroxylation is 1. The van der Waals surface area contributed by atoms with Crippen molar-refractivity contribution < 1.29 is 18.0 Å². The van der Waals surface area contributed by atoms with Crippen LogP contribution < -0.4 is 5.32 Å². The van der Waals surface area contributed by atoms with Gasteiger partial charge in [-0.3, -0.25) is 14.0 Å². The molecule has 0 aliphatic carbocycles. The van der Waals surface area contributed by atoms with Crippen LogP contribution >= 0.6 is 0 Å². The molecule has 0 radical (unpaired) electrons. The number of carbonyl (C=O) groups is 1. The van der Waals surface area contributed by atoms with Crippen molar-refractivity contribution in [3.63, 3.8) is 0 Å². The number of amides is 1. The molecule has 2 heterocycles. The number of rotatable bonds is 2. The summed E-state index contributed by atoms with van der Waals surface area (Å²) in [6.45, 7) is 0. The summed E-state index contributed by atoms with van der Waals surface area (Å²) in [5, 5.41) is 8.62. The minimum absolute atomic E-state index is 0.519. The van der Waals surface area contributed by atoms with Crippen LogP contribution in [0.2, 0.25) is 0 Å². The first-order valence-electron chi connectivity index (χ1n) is 8.21. The number of hydrogen-bond acceptors (Lipinski definition) is 2. The van der Waals surface area contributed by atoms with E-state index >= 15 is 0 Å². The van der Waals surface area contributed by atoms with Gasteiger partial charge in [0.15, 0.2) is 5.65 Å². The molecule has 4 aromatic rings. The second-order valence-electron chi connectivity index (χ2n) is 6.25. The van der Waals surface area contributed by atoms with Crippen molar-refractivity contribution in [3.05, 3.63) is 54.2 Å². The van der Waals surface area contributed by atoms with E-state index in [0.29, 0.717) is 17.0 Å². The largest absolute Gasteiger partial charge is 0.416 e. The van der Waals surface area contributed by atoms with Gasteiger partial charge >= 0.3 is 6.18 Å². The number of nitrogens with zero attached hydrogens (tertiary/aromatic N) is 3. The lowest BCUT2D eigenvalue weighted by Gasteiger charge is -2.10. The third-order valence-electron chi connectivity index (χ3n) is 4.39. The van der Waals surface area contributed by atoms with Gasteiger partial charge < -0.3 is 5.32 Å². The van der Waals surface area contributed by atoms with E-state index in [1.54, 1.807) is 34.5 Å². The number of hydrogen-bond donors (Lipinski definition) is 1. The smallest absolute Gasteiger partial charge is 0.315 e. The van der Waals surface area contributed by atoms with E-state index in [1.165, 1.54) is 12.1 Å². The average Bonchev–Trinajstić information content (AvgIpc) is 3.16. The second kappa shape index (κ2) is 6.16. The second-order valence-corrected chi connectivity index (χ2v) is 6.25. The Kier molecular flexibility index (Phi) is 3.89. The summed E-state index contributed by atoms with van der Waals surface area (Å²) in [6.07, 6.45) is 2.50. The zero-order valence-electron chi connectivity index (χ0n) is 14.6. The highest BCUT2D eigenvalue weighted by Crippen LogP contribution is 2.34. The van der Waals surface area contributed by atoms with Crippen LogP contribution in [0.25, 0.3) is 27.6 Å². The summed E-state index contributed by atoms with van der Waals surface area (Å²) in [6, 6.07) is 10.1. The Balaban J connectivity index is 1.92. The molecule has 0 aliphatic heterocycles. The van der Waals surface area contributed by atoms with Crippen molar-refractivity contribution in [3.8, 4) is 18.0 Å². The van der Waals surface area contributed by atoms with E-state index in [4.69, 9.17) is 6.42 Å². The van der Waals surface area contributed by atoms with Crippen molar-refractivity contribution in [1.82, 2.24) is 14.3 Å². The van der Waals surface area contributed by atoms with Crippen LogP contribution in [0.3, 0.4) is 0 Å². The number of terminal acetylenes is 1. The van der Waals surface area contributed by atoms with Gasteiger partial charge in [0.1, 0.15) is 0 Å². The quantitative estimate of drug-likeness (QED) is 0.531. The van der Waals surface area contributed by atoms with Crippen LogP contribution in [-0.2, 0) is 18.0 Å². The van der Waals surface area contributed by atoms with Gasteiger partial charge in [-0.15, -0.1) is 6.42 Å². The molecule has 0 fully saturated rings. The number of halogens is 3. The fraction of sp³-hybridized carbons (Fsp3) is 0.100. The summed E-state index contributed by atoms with van der Waals surface area (Å²) in [4.78, 5) is 11.5. The monoisotopic (exact) mass is 382 g/mol. The summed E-state index contributed by atoms with van der Waals surface area (Å²) in [5.41, 5.74) is 1.69. The highest BCUT2D eigenvalue weighted by atomic mass is 19.4. The number of benzene rings is 2. The van der Waals surface area contributed by atoms with E-state index in [1.807, 2.05) is 12.1 Å². The first-order chi connectivity index (χ1) is 13.3. The molecule has 28 heavy (non-hydrogen) atoms. The summed E-state index contributed by atoms with van der Waals surface area (Å²) in [7, 11) is 1.76. The Bertz CT molecular complexity index is 1260. The molecule has 0 aliphatic rings. The third-order valence-corrected chi connectivity index (χ3v) is 4.39. The molecule has 0 spiro atoms. The average molecular weight is 382 g/mol. The first kappa shape index (κ1) is 17.7. The molecular formula is C20H13F3N4O.